The summed E-state index contributed by atoms with van der Waals surface area (Å²) in [5.74, 6) is 1.47. The van der Waals surface area contributed by atoms with Crippen LogP contribution in [0.15, 0.2) is 29.3 Å². The van der Waals surface area contributed by atoms with Crippen molar-refractivity contribution in [2.24, 2.45) is 0 Å². The van der Waals surface area contributed by atoms with E-state index in [0.717, 1.165) is 21.5 Å². The van der Waals surface area contributed by atoms with Crippen molar-refractivity contribution < 1.29 is 0 Å². The Morgan fingerprint density at radius 3 is 2.72 bits per heavy atom. The first-order chi connectivity index (χ1) is 8.58. The van der Waals surface area contributed by atoms with Crippen LogP contribution in [0.2, 0.25) is 0 Å². The molecule has 94 valence electrons. The van der Waals surface area contributed by atoms with Crippen LogP contribution in [0.3, 0.4) is 0 Å². The van der Waals surface area contributed by atoms with E-state index >= 15 is 0 Å². The first-order valence-corrected chi connectivity index (χ1v) is 6.35. The van der Waals surface area contributed by atoms with Gasteiger partial charge in [-0.2, -0.15) is 0 Å². The van der Waals surface area contributed by atoms with Gasteiger partial charge in [0.2, 0.25) is 0 Å². The number of nitrogens with one attached hydrogen (secondary N) is 1. The minimum Gasteiger partial charge on any atom is -0.383 e. The Bertz CT molecular complexity index is 556. The van der Waals surface area contributed by atoms with Gasteiger partial charge in [-0.25, -0.2) is 9.97 Å². The molecule has 0 fully saturated rings. The first kappa shape index (κ1) is 12.8. The van der Waals surface area contributed by atoms with Crippen LogP contribution >= 0.6 is 15.9 Å². The average Bonchev–Trinajstić information content (AvgIpc) is 2.28. The van der Waals surface area contributed by atoms with Crippen LogP contribution in [0.5, 0.6) is 0 Å². The van der Waals surface area contributed by atoms with Gasteiger partial charge in [-0.1, -0.05) is 13.8 Å². The van der Waals surface area contributed by atoms with Crippen LogP contribution in [0.25, 0.3) is 0 Å². The van der Waals surface area contributed by atoms with E-state index in [1.54, 1.807) is 12.4 Å². The fourth-order valence-electron chi connectivity index (χ4n) is 1.69. The lowest BCUT2D eigenvalue weighted by atomic mass is 10.0. The number of hydrogen-bond acceptors (Lipinski definition) is 5. The molecule has 0 unspecified atom stereocenters. The van der Waals surface area contributed by atoms with Gasteiger partial charge in [0, 0.05) is 16.2 Å². The third kappa shape index (κ3) is 2.76. The predicted octanol–water partition coefficient (Wildman–Crippen LogP) is 3.08. The third-order valence-corrected chi connectivity index (χ3v) is 2.89. The zero-order valence-corrected chi connectivity index (χ0v) is 11.8. The molecule has 0 aliphatic rings. The molecular weight excluding hydrogens is 294 g/mol. The van der Waals surface area contributed by atoms with Gasteiger partial charge < -0.3 is 11.1 Å². The standard InChI is InChI=1S/C12H14BrN5/c1-7(2)10-11(14)16-6-17-12(10)18-9-3-8(13)4-15-5-9/h3-7H,1-2H3,(H3,14,16,17,18). The number of nitrogen functional groups attached to an aromatic ring is 1. The van der Waals surface area contributed by atoms with Crippen LogP contribution in [0, 0.1) is 0 Å². The molecule has 0 bridgehead atoms. The summed E-state index contributed by atoms with van der Waals surface area (Å²) < 4.78 is 0.903. The van der Waals surface area contributed by atoms with Crippen molar-refractivity contribution in [2.45, 2.75) is 19.8 Å². The van der Waals surface area contributed by atoms with Crippen molar-refractivity contribution in [3.05, 3.63) is 34.8 Å². The van der Waals surface area contributed by atoms with Crippen molar-refractivity contribution in [3.8, 4) is 0 Å². The monoisotopic (exact) mass is 307 g/mol. The SMILES string of the molecule is CC(C)c1c(N)ncnc1Nc1cncc(Br)c1. The van der Waals surface area contributed by atoms with Gasteiger partial charge in [0.15, 0.2) is 0 Å². The predicted molar refractivity (Wildman–Crippen MR) is 75.8 cm³/mol. The van der Waals surface area contributed by atoms with E-state index in [1.807, 2.05) is 6.07 Å². The Kier molecular flexibility index (Phi) is 3.76. The molecule has 0 aliphatic heterocycles. The highest BCUT2D eigenvalue weighted by atomic mass is 79.9. The summed E-state index contributed by atoms with van der Waals surface area (Å²) in [6.45, 7) is 4.11. The van der Waals surface area contributed by atoms with E-state index in [4.69, 9.17) is 5.73 Å². The zero-order chi connectivity index (χ0) is 13.1. The molecule has 6 heteroatoms. The van der Waals surface area contributed by atoms with E-state index in [-0.39, 0.29) is 5.92 Å². The van der Waals surface area contributed by atoms with E-state index in [0.29, 0.717) is 5.82 Å². The molecule has 2 rings (SSSR count). The maximum Gasteiger partial charge on any atom is 0.139 e. The highest BCUT2D eigenvalue weighted by molar-refractivity contribution is 9.10. The number of anilines is 3. The number of aromatic nitrogens is 3. The molecule has 0 radical (unpaired) electrons. The van der Waals surface area contributed by atoms with Crippen LogP contribution in [-0.2, 0) is 0 Å². The summed E-state index contributed by atoms with van der Waals surface area (Å²) in [5, 5.41) is 3.21. The van der Waals surface area contributed by atoms with Crippen molar-refractivity contribution >= 4 is 33.3 Å². The van der Waals surface area contributed by atoms with Gasteiger partial charge >= 0.3 is 0 Å². The van der Waals surface area contributed by atoms with Gasteiger partial charge in [0.1, 0.15) is 18.0 Å². The Balaban J connectivity index is 2.37. The molecule has 0 aliphatic carbocycles. The molecule has 0 saturated heterocycles. The molecule has 2 heterocycles. The highest BCUT2D eigenvalue weighted by Crippen LogP contribution is 2.28. The van der Waals surface area contributed by atoms with E-state index in [9.17, 15) is 0 Å². The van der Waals surface area contributed by atoms with E-state index in [2.05, 4.69) is 50.0 Å². The molecule has 2 aromatic rings. The van der Waals surface area contributed by atoms with Crippen molar-refractivity contribution in [1.82, 2.24) is 15.0 Å². The van der Waals surface area contributed by atoms with Crippen LogP contribution in [0.1, 0.15) is 25.3 Å². The normalized spacial score (nSPS) is 10.7. The largest absolute Gasteiger partial charge is 0.383 e. The minimum absolute atomic E-state index is 0.244. The Hall–Kier alpha value is -1.69. The van der Waals surface area contributed by atoms with Crippen molar-refractivity contribution in [1.29, 1.82) is 0 Å². The van der Waals surface area contributed by atoms with Gasteiger partial charge in [-0.05, 0) is 27.9 Å². The molecular formula is C12H14BrN5. The van der Waals surface area contributed by atoms with Crippen molar-refractivity contribution in [3.63, 3.8) is 0 Å². The molecule has 0 saturated carbocycles. The molecule has 3 N–H and O–H groups in total. The maximum absolute atomic E-state index is 5.89. The third-order valence-electron chi connectivity index (χ3n) is 2.46. The van der Waals surface area contributed by atoms with Gasteiger partial charge in [-0.15, -0.1) is 0 Å². The molecule has 5 nitrogen and oxygen atoms in total. The maximum atomic E-state index is 5.89. The lowest BCUT2D eigenvalue weighted by molar-refractivity contribution is 0.855. The van der Waals surface area contributed by atoms with Gasteiger partial charge in [-0.3, -0.25) is 4.98 Å². The number of hydrogen-bond donors (Lipinski definition) is 2. The Morgan fingerprint density at radius 1 is 1.28 bits per heavy atom. The average molecular weight is 308 g/mol. The van der Waals surface area contributed by atoms with Crippen LogP contribution in [0.4, 0.5) is 17.3 Å². The first-order valence-electron chi connectivity index (χ1n) is 5.56. The lowest BCUT2D eigenvalue weighted by Gasteiger charge is -2.14. The topological polar surface area (TPSA) is 76.7 Å². The molecule has 0 spiro atoms. The zero-order valence-electron chi connectivity index (χ0n) is 10.2. The number of nitrogens with zero attached hydrogens (tertiary/aromatic N) is 3. The van der Waals surface area contributed by atoms with Gasteiger partial charge in [0.25, 0.3) is 0 Å². The number of halogens is 1. The number of rotatable bonds is 3. The lowest BCUT2D eigenvalue weighted by Crippen LogP contribution is -2.06. The fraction of sp³-hybridized carbons (Fsp3) is 0.250. The molecule has 0 amide bonds. The number of pyridine rings is 1. The van der Waals surface area contributed by atoms with E-state index < -0.39 is 0 Å². The minimum atomic E-state index is 0.244. The van der Waals surface area contributed by atoms with Crippen molar-refractivity contribution in [2.75, 3.05) is 11.1 Å². The highest BCUT2D eigenvalue weighted by Gasteiger charge is 2.13. The molecule has 0 atom stereocenters. The fourth-order valence-corrected chi connectivity index (χ4v) is 2.06. The summed E-state index contributed by atoms with van der Waals surface area (Å²) in [5.41, 5.74) is 7.66. The summed E-state index contributed by atoms with van der Waals surface area (Å²) in [7, 11) is 0. The summed E-state index contributed by atoms with van der Waals surface area (Å²) in [6.07, 6.45) is 4.91. The van der Waals surface area contributed by atoms with E-state index in [1.165, 1.54) is 6.33 Å². The quantitative estimate of drug-likeness (QED) is 0.911. The van der Waals surface area contributed by atoms with Crippen LogP contribution in [-0.4, -0.2) is 15.0 Å². The molecule has 2 aromatic heterocycles. The summed E-state index contributed by atoms with van der Waals surface area (Å²) in [6, 6.07) is 1.93. The van der Waals surface area contributed by atoms with Gasteiger partial charge in [0.05, 0.1) is 11.9 Å². The van der Waals surface area contributed by atoms with Crippen LogP contribution < -0.4 is 11.1 Å². The summed E-state index contributed by atoms with van der Waals surface area (Å²) >= 11 is 3.38. The second-order valence-corrected chi connectivity index (χ2v) is 5.11. The Labute approximate surface area is 114 Å². The Morgan fingerprint density at radius 2 is 2.06 bits per heavy atom. The second kappa shape index (κ2) is 5.30. The number of nitrogens with two attached hydrogens (primary N) is 1. The smallest absolute Gasteiger partial charge is 0.139 e. The molecule has 18 heavy (non-hydrogen) atoms. The molecule has 0 aromatic carbocycles. The second-order valence-electron chi connectivity index (χ2n) is 4.19. The summed E-state index contributed by atoms with van der Waals surface area (Å²) in [4.78, 5) is 12.4.